The largest absolute Gasteiger partial charge is 0.478 e. The Morgan fingerprint density at radius 1 is 1.00 bits per heavy atom. The van der Waals surface area contributed by atoms with E-state index in [1.165, 1.54) is 24.3 Å². The molecule has 2 N–H and O–H groups in total. The van der Waals surface area contributed by atoms with Crippen molar-refractivity contribution in [3.8, 4) is 0 Å². The minimum atomic E-state index is -4.40. The standard InChI is InChI=1S/C25H25F3N4O3/c1-14(17-4-6-19(7-5-17)24(34)35)29-22(33)21-15(2)30-32-13-12-31(23(21)32)16(3)18-8-10-20(11-9-18)25(26,27)28/h4-11,14,16H,12-13H2,1-3H3,(H,29,33)(H,34,35). The second kappa shape index (κ2) is 9.09. The number of rotatable bonds is 6. The van der Waals surface area contributed by atoms with Gasteiger partial charge in [-0.15, -0.1) is 0 Å². The molecule has 1 aliphatic heterocycles. The molecule has 184 valence electrons. The topological polar surface area (TPSA) is 87.5 Å². The van der Waals surface area contributed by atoms with E-state index in [2.05, 4.69) is 10.4 Å². The Bertz CT molecular complexity index is 1250. The van der Waals surface area contributed by atoms with Crippen LogP contribution in [0.5, 0.6) is 0 Å². The van der Waals surface area contributed by atoms with Crippen LogP contribution in [-0.2, 0) is 12.7 Å². The van der Waals surface area contributed by atoms with Crippen molar-refractivity contribution in [3.63, 3.8) is 0 Å². The van der Waals surface area contributed by atoms with Crippen LogP contribution in [0.1, 0.15) is 69.0 Å². The monoisotopic (exact) mass is 486 g/mol. The molecule has 3 aromatic rings. The molecule has 0 aliphatic carbocycles. The Hall–Kier alpha value is -3.82. The highest BCUT2D eigenvalue weighted by molar-refractivity contribution is 6.00. The molecule has 1 aromatic heterocycles. The molecule has 0 fully saturated rings. The SMILES string of the molecule is Cc1nn2c(c1C(=O)NC(C)c1ccc(C(=O)O)cc1)N(C(C)c1ccc(C(F)(F)F)cc1)CC2. The molecule has 0 saturated carbocycles. The number of aromatic nitrogens is 2. The first-order chi connectivity index (χ1) is 16.5. The van der Waals surface area contributed by atoms with E-state index in [-0.39, 0.29) is 23.6 Å². The average Bonchev–Trinajstić information content (AvgIpc) is 3.35. The molecule has 2 unspecified atom stereocenters. The number of aromatic carboxylic acids is 1. The quantitative estimate of drug-likeness (QED) is 0.513. The number of carbonyl (C=O) groups excluding carboxylic acids is 1. The van der Waals surface area contributed by atoms with Gasteiger partial charge in [0.1, 0.15) is 11.4 Å². The normalized spacial score (nSPS) is 15.0. The maximum atomic E-state index is 13.3. The Morgan fingerprint density at radius 3 is 2.17 bits per heavy atom. The lowest BCUT2D eigenvalue weighted by Gasteiger charge is -2.27. The van der Waals surface area contributed by atoms with Crippen LogP contribution in [0.2, 0.25) is 0 Å². The first-order valence-electron chi connectivity index (χ1n) is 11.1. The molecule has 0 radical (unpaired) electrons. The van der Waals surface area contributed by atoms with E-state index in [1.54, 1.807) is 30.7 Å². The third-order valence-corrected chi connectivity index (χ3v) is 6.35. The van der Waals surface area contributed by atoms with Gasteiger partial charge >= 0.3 is 12.1 Å². The fourth-order valence-electron chi connectivity index (χ4n) is 4.37. The van der Waals surface area contributed by atoms with Gasteiger partial charge in [0.25, 0.3) is 5.91 Å². The summed E-state index contributed by atoms with van der Waals surface area (Å²) in [5.41, 5.74) is 1.86. The Kier molecular flexibility index (Phi) is 6.31. The molecular formula is C25H25F3N4O3. The number of benzene rings is 2. The molecule has 35 heavy (non-hydrogen) atoms. The number of fused-ring (bicyclic) bond motifs is 1. The van der Waals surface area contributed by atoms with Gasteiger partial charge in [-0.3, -0.25) is 4.79 Å². The zero-order chi connectivity index (χ0) is 25.5. The number of anilines is 1. The van der Waals surface area contributed by atoms with Crippen LogP contribution in [-0.4, -0.2) is 33.3 Å². The van der Waals surface area contributed by atoms with Gasteiger partial charge in [0, 0.05) is 6.54 Å². The third kappa shape index (κ3) is 4.73. The molecule has 1 amide bonds. The number of hydrogen-bond acceptors (Lipinski definition) is 4. The Labute approximate surface area is 200 Å². The number of nitrogens with one attached hydrogen (secondary N) is 1. The van der Waals surface area contributed by atoms with Gasteiger partial charge in [0.2, 0.25) is 0 Å². The van der Waals surface area contributed by atoms with E-state index in [0.29, 0.717) is 35.7 Å². The maximum Gasteiger partial charge on any atom is 0.416 e. The average molecular weight is 486 g/mol. The number of carboxylic acids is 1. The maximum absolute atomic E-state index is 13.3. The van der Waals surface area contributed by atoms with E-state index in [9.17, 15) is 22.8 Å². The lowest BCUT2D eigenvalue weighted by atomic mass is 10.0. The van der Waals surface area contributed by atoms with Crippen LogP contribution >= 0.6 is 0 Å². The summed E-state index contributed by atoms with van der Waals surface area (Å²) >= 11 is 0. The van der Waals surface area contributed by atoms with Gasteiger partial charge in [0.15, 0.2) is 0 Å². The van der Waals surface area contributed by atoms with Crippen LogP contribution in [0, 0.1) is 6.92 Å². The zero-order valence-corrected chi connectivity index (χ0v) is 19.4. The van der Waals surface area contributed by atoms with Crippen LogP contribution in [0.25, 0.3) is 0 Å². The van der Waals surface area contributed by atoms with E-state index < -0.39 is 17.7 Å². The van der Waals surface area contributed by atoms with E-state index in [1.807, 2.05) is 11.8 Å². The van der Waals surface area contributed by atoms with Crippen molar-refractivity contribution in [2.75, 3.05) is 11.4 Å². The molecule has 2 atom stereocenters. The molecule has 2 aromatic carbocycles. The summed E-state index contributed by atoms with van der Waals surface area (Å²) in [5, 5.41) is 16.5. The van der Waals surface area contributed by atoms with Gasteiger partial charge in [-0.25, -0.2) is 9.48 Å². The number of nitrogens with zero attached hydrogens (tertiary/aromatic N) is 3. The number of halogens is 3. The van der Waals surface area contributed by atoms with Crippen molar-refractivity contribution in [2.24, 2.45) is 0 Å². The van der Waals surface area contributed by atoms with E-state index in [0.717, 1.165) is 17.7 Å². The highest BCUT2D eigenvalue weighted by Crippen LogP contribution is 2.36. The van der Waals surface area contributed by atoms with Crippen molar-refractivity contribution in [2.45, 2.75) is 45.6 Å². The number of amides is 1. The fraction of sp³-hybridized carbons (Fsp3) is 0.320. The minimum absolute atomic E-state index is 0.158. The first-order valence-corrected chi connectivity index (χ1v) is 11.1. The van der Waals surface area contributed by atoms with Gasteiger partial charge in [0.05, 0.1) is 35.4 Å². The lowest BCUT2D eigenvalue weighted by molar-refractivity contribution is -0.137. The molecule has 0 spiro atoms. The fourth-order valence-corrected chi connectivity index (χ4v) is 4.37. The Morgan fingerprint density at radius 2 is 1.60 bits per heavy atom. The molecule has 0 bridgehead atoms. The van der Waals surface area contributed by atoms with Gasteiger partial charge in [-0.05, 0) is 56.2 Å². The summed E-state index contributed by atoms with van der Waals surface area (Å²) < 4.78 is 40.6. The third-order valence-electron chi connectivity index (χ3n) is 6.35. The number of carbonyl (C=O) groups is 2. The molecule has 7 nitrogen and oxygen atoms in total. The van der Waals surface area contributed by atoms with Gasteiger partial charge in [-0.1, -0.05) is 24.3 Å². The summed E-state index contributed by atoms with van der Waals surface area (Å²) in [7, 11) is 0. The van der Waals surface area contributed by atoms with Crippen molar-refractivity contribution in [3.05, 3.63) is 82.0 Å². The number of aryl methyl sites for hydroxylation is 1. The highest BCUT2D eigenvalue weighted by Gasteiger charge is 2.34. The van der Waals surface area contributed by atoms with Gasteiger partial charge < -0.3 is 15.3 Å². The zero-order valence-electron chi connectivity index (χ0n) is 19.4. The molecule has 4 rings (SSSR count). The molecule has 2 heterocycles. The Balaban J connectivity index is 1.56. The second-order valence-electron chi connectivity index (χ2n) is 8.62. The van der Waals surface area contributed by atoms with Crippen LogP contribution in [0.15, 0.2) is 48.5 Å². The number of hydrogen-bond donors (Lipinski definition) is 2. The molecular weight excluding hydrogens is 461 g/mol. The summed E-state index contributed by atoms with van der Waals surface area (Å²) in [6.07, 6.45) is -4.40. The van der Waals surface area contributed by atoms with Crippen molar-refractivity contribution < 1.29 is 27.9 Å². The predicted octanol–water partition coefficient (Wildman–Crippen LogP) is 4.98. The van der Waals surface area contributed by atoms with Crippen LogP contribution < -0.4 is 10.2 Å². The smallest absolute Gasteiger partial charge is 0.416 e. The van der Waals surface area contributed by atoms with Crippen LogP contribution in [0.4, 0.5) is 19.0 Å². The molecule has 10 heteroatoms. The van der Waals surface area contributed by atoms with E-state index >= 15 is 0 Å². The van der Waals surface area contributed by atoms with Crippen molar-refractivity contribution in [1.29, 1.82) is 0 Å². The number of carboxylic acid groups (broad SMARTS) is 1. The molecule has 0 saturated heterocycles. The lowest BCUT2D eigenvalue weighted by Crippen LogP contribution is -2.31. The summed E-state index contributed by atoms with van der Waals surface area (Å²) in [4.78, 5) is 26.3. The highest BCUT2D eigenvalue weighted by atomic mass is 19.4. The molecule has 1 aliphatic rings. The number of alkyl halides is 3. The first kappa shape index (κ1) is 24.3. The predicted molar refractivity (Wildman–Crippen MR) is 123 cm³/mol. The van der Waals surface area contributed by atoms with Crippen molar-refractivity contribution >= 4 is 17.7 Å². The van der Waals surface area contributed by atoms with Gasteiger partial charge in [-0.2, -0.15) is 18.3 Å². The summed E-state index contributed by atoms with van der Waals surface area (Å²) in [6.45, 7) is 6.55. The summed E-state index contributed by atoms with van der Waals surface area (Å²) in [5.74, 6) is -0.729. The second-order valence-corrected chi connectivity index (χ2v) is 8.62. The van der Waals surface area contributed by atoms with E-state index in [4.69, 9.17) is 5.11 Å². The van der Waals surface area contributed by atoms with Crippen LogP contribution in [0.3, 0.4) is 0 Å². The van der Waals surface area contributed by atoms with Crippen molar-refractivity contribution in [1.82, 2.24) is 15.1 Å². The summed E-state index contributed by atoms with van der Waals surface area (Å²) in [6, 6.07) is 10.7. The minimum Gasteiger partial charge on any atom is -0.478 e.